The fourth-order valence-corrected chi connectivity index (χ4v) is 1.23. The van der Waals surface area contributed by atoms with Gasteiger partial charge in [-0.15, -0.1) is 0 Å². The number of alkyl halides is 1. The lowest BCUT2D eigenvalue weighted by Gasteiger charge is -2.09. The van der Waals surface area contributed by atoms with Crippen molar-refractivity contribution in [2.75, 3.05) is 12.1 Å². The van der Waals surface area contributed by atoms with Crippen molar-refractivity contribution in [2.24, 2.45) is 5.21 Å². The number of rotatable bonds is 3. The highest BCUT2D eigenvalue weighted by molar-refractivity contribution is 6.03. The molecule has 1 rings (SSSR count). The molecule has 0 atom stereocenters. The minimum absolute atomic E-state index is 0.240. The average molecular weight is 198 g/mol. The van der Waals surface area contributed by atoms with Crippen LogP contribution in [-0.2, 0) is 0 Å². The summed E-state index contributed by atoms with van der Waals surface area (Å²) >= 11 is 0. The normalized spacial score (nSPS) is 11.6. The van der Waals surface area contributed by atoms with E-state index in [1.54, 1.807) is 12.1 Å². The molecule has 0 radical (unpaired) electrons. The van der Waals surface area contributed by atoms with E-state index in [1.165, 1.54) is 6.92 Å². The molecule has 0 bridgehead atoms. The van der Waals surface area contributed by atoms with Crippen LogP contribution in [-0.4, -0.2) is 12.5 Å². The molecular formula is C10H12F2N2. The zero-order chi connectivity index (χ0) is 10.6. The van der Waals surface area contributed by atoms with Crippen molar-refractivity contribution >= 4 is 11.4 Å². The van der Waals surface area contributed by atoms with Crippen molar-refractivity contribution < 1.29 is 8.87 Å². The van der Waals surface area contributed by atoms with E-state index in [2.05, 4.69) is 10.5 Å². The molecule has 0 aliphatic rings. The average Bonchev–Trinajstić information content (AvgIpc) is 2.20. The molecular weight excluding hydrogens is 186 g/mol. The van der Waals surface area contributed by atoms with Crippen molar-refractivity contribution in [2.45, 2.75) is 13.8 Å². The molecule has 2 nitrogen and oxygen atoms in total. The van der Waals surface area contributed by atoms with Gasteiger partial charge in [-0.1, -0.05) is 21.3 Å². The lowest BCUT2D eigenvalue weighted by atomic mass is 10.1. The highest BCUT2D eigenvalue weighted by atomic mass is 19.2. The van der Waals surface area contributed by atoms with Crippen molar-refractivity contribution in [1.82, 2.24) is 0 Å². The molecule has 1 aromatic carbocycles. The number of hydrogen-bond donors (Lipinski definition) is 1. The van der Waals surface area contributed by atoms with Crippen LogP contribution in [0.5, 0.6) is 0 Å². The van der Waals surface area contributed by atoms with Gasteiger partial charge in [-0.3, -0.25) is 0 Å². The second kappa shape index (κ2) is 4.69. The Morgan fingerprint density at radius 3 is 2.79 bits per heavy atom. The van der Waals surface area contributed by atoms with Crippen molar-refractivity contribution in [1.29, 1.82) is 0 Å². The summed E-state index contributed by atoms with van der Waals surface area (Å²) in [6.07, 6.45) is 0. The highest BCUT2D eigenvalue weighted by Crippen LogP contribution is 2.18. The molecule has 0 heterocycles. The number of anilines is 1. The van der Waals surface area contributed by atoms with Crippen molar-refractivity contribution in [3.05, 3.63) is 29.3 Å². The van der Waals surface area contributed by atoms with Crippen LogP contribution in [0.1, 0.15) is 18.1 Å². The van der Waals surface area contributed by atoms with E-state index in [0.717, 1.165) is 5.56 Å². The molecule has 0 aromatic heterocycles. The van der Waals surface area contributed by atoms with E-state index in [1.807, 2.05) is 13.0 Å². The summed E-state index contributed by atoms with van der Waals surface area (Å²) < 4.78 is 24.2. The fourth-order valence-electron chi connectivity index (χ4n) is 1.23. The Labute approximate surface area is 81.6 Å². The van der Waals surface area contributed by atoms with E-state index in [-0.39, 0.29) is 5.71 Å². The van der Waals surface area contributed by atoms with Gasteiger partial charge >= 0.3 is 0 Å². The van der Waals surface area contributed by atoms with Crippen molar-refractivity contribution in [3.8, 4) is 0 Å². The molecule has 4 heteroatoms. The third-order valence-corrected chi connectivity index (χ3v) is 1.95. The maximum atomic E-state index is 12.1. The fraction of sp³-hybridized carbons (Fsp3) is 0.300. The van der Waals surface area contributed by atoms with Crippen molar-refractivity contribution in [3.63, 3.8) is 0 Å². The summed E-state index contributed by atoms with van der Waals surface area (Å²) in [6.45, 7) is 2.74. The molecule has 0 saturated heterocycles. The number of hydrogen-bond acceptors (Lipinski definition) is 2. The zero-order valence-electron chi connectivity index (χ0n) is 8.14. The molecule has 14 heavy (non-hydrogen) atoms. The number of halogens is 2. The number of nitrogens with one attached hydrogen (secondary N) is 1. The van der Waals surface area contributed by atoms with E-state index in [4.69, 9.17) is 0 Å². The van der Waals surface area contributed by atoms with Gasteiger partial charge in [0.05, 0.1) is 5.71 Å². The van der Waals surface area contributed by atoms with E-state index in [9.17, 15) is 8.87 Å². The lowest BCUT2D eigenvalue weighted by molar-refractivity contribution is 0.534. The standard InChI is InChI=1S/C10H12F2N2/c1-7-3-4-10(13-6-11)9(5-7)8(2)14-12/h3-5,13H,6H2,1-2H3/b14-8-. The smallest absolute Gasteiger partial charge is 0.159 e. The summed E-state index contributed by atoms with van der Waals surface area (Å²) in [6, 6.07) is 5.29. The SMILES string of the molecule is C/C(=N/F)c1cc(C)ccc1NCF. The first-order valence-electron chi connectivity index (χ1n) is 4.25. The number of benzene rings is 1. The third-order valence-electron chi connectivity index (χ3n) is 1.95. The maximum Gasteiger partial charge on any atom is 0.159 e. The van der Waals surface area contributed by atoms with Gasteiger partial charge in [0, 0.05) is 11.3 Å². The monoisotopic (exact) mass is 198 g/mol. The molecule has 0 aliphatic carbocycles. The quantitative estimate of drug-likeness (QED) is 0.586. The molecule has 0 amide bonds. The van der Waals surface area contributed by atoms with Crippen LogP contribution in [0.3, 0.4) is 0 Å². The van der Waals surface area contributed by atoms with Gasteiger partial charge in [0.1, 0.15) is 0 Å². The van der Waals surface area contributed by atoms with E-state index in [0.29, 0.717) is 11.3 Å². The van der Waals surface area contributed by atoms with Crippen LogP contribution in [0.2, 0.25) is 0 Å². The van der Waals surface area contributed by atoms with Crippen LogP contribution < -0.4 is 5.32 Å². The van der Waals surface area contributed by atoms with Crippen LogP contribution in [0, 0.1) is 6.92 Å². The summed E-state index contributed by atoms with van der Waals surface area (Å²) in [4.78, 5) is 0. The van der Waals surface area contributed by atoms with Gasteiger partial charge in [0.25, 0.3) is 0 Å². The Hall–Kier alpha value is -1.45. The Morgan fingerprint density at radius 1 is 1.50 bits per heavy atom. The van der Waals surface area contributed by atoms with E-state index >= 15 is 0 Å². The second-order valence-corrected chi connectivity index (χ2v) is 3.03. The maximum absolute atomic E-state index is 12.1. The van der Waals surface area contributed by atoms with Gasteiger partial charge < -0.3 is 5.32 Å². The van der Waals surface area contributed by atoms with Crippen LogP contribution in [0.15, 0.2) is 23.4 Å². The Bertz CT molecular complexity index is 348. The summed E-state index contributed by atoms with van der Waals surface area (Å²) in [7, 11) is 0. The topological polar surface area (TPSA) is 24.4 Å². The van der Waals surface area contributed by atoms with Gasteiger partial charge in [-0.2, -0.15) is 0 Å². The summed E-state index contributed by atoms with van der Waals surface area (Å²) in [5.74, 6) is 0. The minimum atomic E-state index is -0.685. The minimum Gasteiger partial charge on any atom is -0.358 e. The first kappa shape index (κ1) is 10.6. The molecule has 0 fully saturated rings. The van der Waals surface area contributed by atoms with Crippen LogP contribution >= 0.6 is 0 Å². The predicted octanol–water partition coefficient (Wildman–Crippen LogP) is 3.03. The molecule has 0 spiro atoms. The molecule has 1 N–H and O–H groups in total. The van der Waals surface area contributed by atoms with Gasteiger partial charge in [0.15, 0.2) is 6.80 Å². The molecule has 0 aliphatic heterocycles. The second-order valence-electron chi connectivity index (χ2n) is 3.03. The molecule has 0 unspecified atom stereocenters. The molecule has 76 valence electrons. The Kier molecular flexibility index (Phi) is 3.56. The first-order valence-corrected chi connectivity index (χ1v) is 4.25. The number of nitrogens with zero attached hydrogens (tertiary/aromatic N) is 1. The third kappa shape index (κ3) is 2.28. The molecule has 0 saturated carbocycles. The summed E-state index contributed by atoms with van der Waals surface area (Å²) in [5, 5.41) is 5.10. The van der Waals surface area contributed by atoms with Crippen LogP contribution in [0.25, 0.3) is 0 Å². The lowest BCUT2D eigenvalue weighted by Crippen LogP contribution is -2.04. The predicted molar refractivity (Wildman–Crippen MR) is 54.1 cm³/mol. The van der Waals surface area contributed by atoms with Crippen LogP contribution in [0.4, 0.5) is 14.6 Å². The van der Waals surface area contributed by atoms with Gasteiger partial charge in [-0.05, 0) is 26.0 Å². The Balaban J connectivity index is 3.15. The Morgan fingerprint density at radius 2 is 2.21 bits per heavy atom. The van der Waals surface area contributed by atoms with E-state index < -0.39 is 6.80 Å². The van der Waals surface area contributed by atoms with Gasteiger partial charge in [-0.25, -0.2) is 4.39 Å². The highest BCUT2D eigenvalue weighted by Gasteiger charge is 2.05. The molecule has 1 aromatic rings. The first-order chi connectivity index (χ1) is 6.69. The summed E-state index contributed by atoms with van der Waals surface area (Å²) in [5.41, 5.74) is 2.36. The zero-order valence-corrected chi connectivity index (χ0v) is 8.14. The number of aryl methyl sites for hydroxylation is 1. The van der Waals surface area contributed by atoms with Gasteiger partial charge in [0.2, 0.25) is 0 Å². The largest absolute Gasteiger partial charge is 0.358 e.